The molecule has 2 amide bonds. The van der Waals surface area contributed by atoms with Gasteiger partial charge in [0.1, 0.15) is 0 Å². The van der Waals surface area contributed by atoms with Crippen LogP contribution < -0.4 is 11.3 Å². The molecular formula is C7H11N3O2. The van der Waals surface area contributed by atoms with Gasteiger partial charge in [0, 0.05) is 25.6 Å². The van der Waals surface area contributed by atoms with E-state index in [4.69, 9.17) is 5.84 Å². The molecule has 3 N–H and O–H groups in total. The molecule has 0 aromatic rings. The lowest BCUT2D eigenvalue weighted by molar-refractivity contribution is -0.126. The summed E-state index contributed by atoms with van der Waals surface area (Å²) in [5.41, 5.74) is 2.01. The van der Waals surface area contributed by atoms with Gasteiger partial charge in [0.2, 0.25) is 11.8 Å². The molecular weight excluding hydrogens is 158 g/mol. The Morgan fingerprint density at radius 2 is 2.50 bits per heavy atom. The van der Waals surface area contributed by atoms with Gasteiger partial charge in [-0.15, -0.1) is 0 Å². The summed E-state index contributed by atoms with van der Waals surface area (Å²) in [5, 5.41) is 0. The Kier molecular flexibility index (Phi) is 2.82. The van der Waals surface area contributed by atoms with Crippen LogP contribution in [0.25, 0.3) is 0 Å². The molecule has 5 heteroatoms. The summed E-state index contributed by atoms with van der Waals surface area (Å²) in [7, 11) is 0. The molecule has 0 aromatic carbocycles. The summed E-state index contributed by atoms with van der Waals surface area (Å²) in [6, 6.07) is 0. The first-order valence-electron chi connectivity index (χ1n) is 3.69. The van der Waals surface area contributed by atoms with E-state index in [1.807, 2.05) is 5.43 Å². The number of hydrogen-bond acceptors (Lipinski definition) is 3. The summed E-state index contributed by atoms with van der Waals surface area (Å²) in [6.45, 7) is 1.02. The summed E-state index contributed by atoms with van der Waals surface area (Å²) in [5.74, 6) is 4.58. The Labute approximate surface area is 70.2 Å². The molecule has 1 rings (SSSR count). The number of rotatable bonds is 3. The van der Waals surface area contributed by atoms with Gasteiger partial charge in [0.25, 0.3) is 0 Å². The van der Waals surface area contributed by atoms with E-state index in [0.29, 0.717) is 13.1 Å². The van der Waals surface area contributed by atoms with Crippen molar-refractivity contribution in [3.05, 3.63) is 12.2 Å². The zero-order chi connectivity index (χ0) is 8.97. The number of hydrogen-bond donors (Lipinski definition) is 2. The Balaban J connectivity index is 2.24. The summed E-state index contributed by atoms with van der Waals surface area (Å²) >= 11 is 0. The highest BCUT2D eigenvalue weighted by Gasteiger charge is 2.14. The van der Waals surface area contributed by atoms with Crippen molar-refractivity contribution in [2.24, 2.45) is 5.84 Å². The van der Waals surface area contributed by atoms with Crippen LogP contribution in [0, 0.1) is 0 Å². The molecule has 0 aliphatic carbocycles. The number of carbonyl (C=O) groups is 2. The van der Waals surface area contributed by atoms with Gasteiger partial charge in [-0.25, -0.2) is 5.84 Å². The highest BCUT2D eigenvalue weighted by Crippen LogP contribution is 2.01. The van der Waals surface area contributed by atoms with Crippen molar-refractivity contribution in [1.29, 1.82) is 0 Å². The largest absolute Gasteiger partial charge is 0.335 e. The van der Waals surface area contributed by atoms with E-state index in [2.05, 4.69) is 0 Å². The third-order valence-corrected chi connectivity index (χ3v) is 1.67. The Bertz CT molecular complexity index is 225. The molecule has 0 saturated carbocycles. The second-order valence-electron chi connectivity index (χ2n) is 2.50. The van der Waals surface area contributed by atoms with Crippen molar-refractivity contribution in [2.45, 2.75) is 6.42 Å². The number of nitrogens with one attached hydrogen (secondary N) is 1. The first-order valence-corrected chi connectivity index (χ1v) is 3.69. The fourth-order valence-corrected chi connectivity index (χ4v) is 0.986. The maximum absolute atomic E-state index is 11.0. The first-order chi connectivity index (χ1) is 5.74. The number of hydrazine groups is 1. The fourth-order valence-electron chi connectivity index (χ4n) is 0.986. The van der Waals surface area contributed by atoms with Gasteiger partial charge in [-0.2, -0.15) is 0 Å². The van der Waals surface area contributed by atoms with Crippen LogP contribution in [0.5, 0.6) is 0 Å². The minimum Gasteiger partial charge on any atom is -0.335 e. The molecule has 66 valence electrons. The molecule has 0 atom stereocenters. The standard InChI is InChI=1S/C7H11N3O2/c8-9-6(11)3-5-10-4-1-2-7(10)12/h1-2H,3-5,8H2,(H,9,11). The monoisotopic (exact) mass is 169 g/mol. The van der Waals surface area contributed by atoms with Gasteiger partial charge in [-0.1, -0.05) is 6.08 Å². The van der Waals surface area contributed by atoms with Crippen LogP contribution in [0.1, 0.15) is 6.42 Å². The van der Waals surface area contributed by atoms with Gasteiger partial charge < -0.3 is 4.90 Å². The average molecular weight is 169 g/mol. The molecule has 0 fully saturated rings. The van der Waals surface area contributed by atoms with Gasteiger partial charge >= 0.3 is 0 Å². The Hall–Kier alpha value is -1.36. The normalized spacial score (nSPS) is 15.4. The van der Waals surface area contributed by atoms with Crippen LogP contribution in [-0.4, -0.2) is 29.8 Å². The predicted octanol–water partition coefficient (Wildman–Crippen LogP) is -1.24. The zero-order valence-electron chi connectivity index (χ0n) is 6.62. The number of nitrogens with two attached hydrogens (primary N) is 1. The fraction of sp³-hybridized carbons (Fsp3) is 0.429. The SMILES string of the molecule is NNC(=O)CCN1CC=CC1=O. The van der Waals surface area contributed by atoms with E-state index in [0.717, 1.165) is 0 Å². The third-order valence-electron chi connectivity index (χ3n) is 1.67. The summed E-state index contributed by atoms with van der Waals surface area (Å²) in [4.78, 5) is 23.2. The van der Waals surface area contributed by atoms with Gasteiger partial charge in [-0.05, 0) is 0 Å². The van der Waals surface area contributed by atoms with Crippen LogP contribution in [0.2, 0.25) is 0 Å². The highest BCUT2D eigenvalue weighted by atomic mass is 16.2. The quantitative estimate of drug-likeness (QED) is 0.315. The maximum Gasteiger partial charge on any atom is 0.246 e. The molecule has 12 heavy (non-hydrogen) atoms. The first kappa shape index (κ1) is 8.73. The minimum absolute atomic E-state index is 0.0418. The maximum atomic E-state index is 11.0. The number of amides is 2. The van der Waals surface area contributed by atoms with Crippen LogP contribution in [0.15, 0.2) is 12.2 Å². The third kappa shape index (κ3) is 2.06. The van der Waals surface area contributed by atoms with Crippen molar-refractivity contribution in [1.82, 2.24) is 10.3 Å². The van der Waals surface area contributed by atoms with E-state index < -0.39 is 0 Å². The van der Waals surface area contributed by atoms with Crippen molar-refractivity contribution >= 4 is 11.8 Å². The molecule has 5 nitrogen and oxygen atoms in total. The van der Waals surface area contributed by atoms with Crippen LogP contribution in [0.4, 0.5) is 0 Å². The highest BCUT2D eigenvalue weighted by molar-refractivity contribution is 5.90. The van der Waals surface area contributed by atoms with Crippen molar-refractivity contribution in [3.63, 3.8) is 0 Å². The van der Waals surface area contributed by atoms with Crippen molar-refractivity contribution < 1.29 is 9.59 Å². The molecule has 1 aliphatic rings. The lowest BCUT2D eigenvalue weighted by Gasteiger charge is -2.13. The topological polar surface area (TPSA) is 75.4 Å². The van der Waals surface area contributed by atoms with E-state index in [9.17, 15) is 9.59 Å². The molecule has 0 aromatic heterocycles. The van der Waals surface area contributed by atoms with Gasteiger partial charge in [0.15, 0.2) is 0 Å². The molecule has 0 bridgehead atoms. The second-order valence-corrected chi connectivity index (χ2v) is 2.50. The van der Waals surface area contributed by atoms with Crippen LogP contribution in [-0.2, 0) is 9.59 Å². The Morgan fingerprint density at radius 1 is 1.75 bits per heavy atom. The molecule has 0 spiro atoms. The van der Waals surface area contributed by atoms with E-state index in [1.54, 1.807) is 11.0 Å². The smallest absolute Gasteiger partial charge is 0.246 e. The predicted molar refractivity (Wildman–Crippen MR) is 42.7 cm³/mol. The number of carbonyl (C=O) groups excluding carboxylic acids is 2. The van der Waals surface area contributed by atoms with Crippen LogP contribution >= 0.6 is 0 Å². The molecule has 1 heterocycles. The summed E-state index contributed by atoms with van der Waals surface area (Å²) < 4.78 is 0. The molecule has 0 radical (unpaired) electrons. The lowest BCUT2D eigenvalue weighted by atomic mass is 10.4. The molecule has 1 aliphatic heterocycles. The Morgan fingerprint density at radius 3 is 3.00 bits per heavy atom. The lowest BCUT2D eigenvalue weighted by Crippen LogP contribution is -2.34. The average Bonchev–Trinajstić information content (AvgIpc) is 2.47. The van der Waals surface area contributed by atoms with Gasteiger partial charge in [-0.3, -0.25) is 15.0 Å². The van der Waals surface area contributed by atoms with E-state index in [1.165, 1.54) is 6.08 Å². The van der Waals surface area contributed by atoms with Crippen LogP contribution in [0.3, 0.4) is 0 Å². The second kappa shape index (κ2) is 3.87. The van der Waals surface area contributed by atoms with Crippen molar-refractivity contribution in [2.75, 3.05) is 13.1 Å². The van der Waals surface area contributed by atoms with Gasteiger partial charge in [0.05, 0.1) is 0 Å². The number of nitrogens with zero attached hydrogens (tertiary/aromatic N) is 1. The minimum atomic E-state index is -0.255. The zero-order valence-corrected chi connectivity index (χ0v) is 6.62. The summed E-state index contributed by atoms with van der Waals surface area (Å²) in [6.07, 6.45) is 3.52. The molecule has 0 saturated heterocycles. The molecule has 0 unspecified atom stereocenters. The van der Waals surface area contributed by atoms with E-state index in [-0.39, 0.29) is 18.2 Å². The van der Waals surface area contributed by atoms with E-state index >= 15 is 0 Å². The van der Waals surface area contributed by atoms with Crippen molar-refractivity contribution in [3.8, 4) is 0 Å².